The maximum Gasteiger partial charge on any atom is 0.337 e. The molecule has 5 aromatic rings. The number of benzene rings is 3. The maximum atomic E-state index is 12.7. The molecule has 1 unspecified atom stereocenters. The van der Waals surface area contributed by atoms with E-state index in [1.807, 2.05) is 69.8 Å². The molecule has 224 valence electrons. The van der Waals surface area contributed by atoms with Crippen molar-refractivity contribution in [1.82, 2.24) is 14.8 Å². The molecule has 0 spiro atoms. The van der Waals surface area contributed by atoms with Crippen LogP contribution < -0.4 is 4.90 Å². The molecule has 1 N–H and O–H groups in total. The van der Waals surface area contributed by atoms with E-state index in [-0.39, 0.29) is 6.10 Å². The third-order valence-electron chi connectivity index (χ3n) is 7.87. The van der Waals surface area contributed by atoms with Crippen LogP contribution in [0.5, 0.6) is 0 Å². The van der Waals surface area contributed by atoms with E-state index in [1.54, 1.807) is 18.4 Å². The van der Waals surface area contributed by atoms with Crippen molar-refractivity contribution in [2.75, 3.05) is 25.1 Å². The summed E-state index contributed by atoms with van der Waals surface area (Å²) in [5.74, 6) is -0.0897. The number of rotatable bonds is 7. The Morgan fingerprint density at radius 3 is 2.51 bits per heavy atom. The standard InChI is InChI=1S/C33H35ClN4O4S/c1-18-15-24-29(27(19-7-10-21(34)11-8-19)26(18)28(32(39)40)42-33(2,3)4)43-31(35-24)20-9-12-25-23(16-20)30(36-37(25)5)38-14-13-22(17-38)41-6/h7-12,15-16,22,28H,13-14,17H2,1-6H3,(H,39,40)/t22-,28?/m0/s1. The maximum absolute atomic E-state index is 12.7. The Kier molecular flexibility index (Phi) is 7.71. The van der Waals surface area contributed by atoms with Crippen molar-refractivity contribution in [2.45, 2.75) is 51.9 Å². The van der Waals surface area contributed by atoms with Crippen LogP contribution in [0.4, 0.5) is 5.82 Å². The first-order valence-corrected chi connectivity index (χ1v) is 15.5. The summed E-state index contributed by atoms with van der Waals surface area (Å²) in [5.41, 5.74) is 5.25. The second-order valence-electron chi connectivity index (χ2n) is 12.1. The molecule has 1 aliphatic rings. The quantitative estimate of drug-likeness (QED) is 0.200. The number of carboxylic acid groups (broad SMARTS) is 1. The molecule has 0 aliphatic carbocycles. The van der Waals surface area contributed by atoms with Crippen LogP contribution in [-0.2, 0) is 21.3 Å². The number of fused-ring (bicyclic) bond motifs is 2. The first-order chi connectivity index (χ1) is 20.4. The highest BCUT2D eigenvalue weighted by Gasteiger charge is 2.32. The molecule has 0 amide bonds. The van der Waals surface area contributed by atoms with Gasteiger partial charge >= 0.3 is 5.97 Å². The van der Waals surface area contributed by atoms with Gasteiger partial charge in [-0.3, -0.25) is 4.68 Å². The number of thiazole rings is 1. The van der Waals surface area contributed by atoms with Gasteiger partial charge in [-0.2, -0.15) is 5.10 Å². The van der Waals surface area contributed by atoms with Crippen molar-refractivity contribution in [2.24, 2.45) is 7.05 Å². The normalized spacial score (nSPS) is 16.4. The fraction of sp³-hybridized carbons (Fsp3) is 0.364. The van der Waals surface area contributed by atoms with Crippen molar-refractivity contribution >= 4 is 55.8 Å². The molecule has 10 heteroatoms. The van der Waals surface area contributed by atoms with Gasteiger partial charge in [0.25, 0.3) is 0 Å². The smallest absolute Gasteiger partial charge is 0.337 e. The van der Waals surface area contributed by atoms with Crippen LogP contribution in [0.1, 0.15) is 44.4 Å². The molecule has 3 heterocycles. The van der Waals surface area contributed by atoms with E-state index in [0.717, 1.165) is 73.7 Å². The largest absolute Gasteiger partial charge is 0.479 e. The zero-order valence-corrected chi connectivity index (χ0v) is 26.7. The number of carboxylic acids is 1. The molecule has 1 saturated heterocycles. The summed E-state index contributed by atoms with van der Waals surface area (Å²) in [6.07, 6.45) is 0.00816. The van der Waals surface area contributed by atoms with Crippen LogP contribution in [0.3, 0.4) is 0 Å². The number of hydrogen-bond donors (Lipinski definition) is 1. The van der Waals surface area contributed by atoms with Gasteiger partial charge in [0.05, 0.1) is 27.4 Å². The number of aliphatic carboxylic acids is 1. The summed E-state index contributed by atoms with van der Waals surface area (Å²) >= 11 is 7.80. The number of methoxy groups -OCH3 is 1. The highest BCUT2D eigenvalue weighted by molar-refractivity contribution is 7.22. The Balaban J connectivity index is 1.54. The van der Waals surface area contributed by atoms with Gasteiger partial charge in [-0.25, -0.2) is 9.78 Å². The Labute approximate surface area is 259 Å². The van der Waals surface area contributed by atoms with Crippen molar-refractivity contribution < 1.29 is 19.4 Å². The summed E-state index contributed by atoms with van der Waals surface area (Å²) in [7, 11) is 3.73. The molecule has 1 fully saturated rings. The number of halogens is 1. The van der Waals surface area contributed by atoms with E-state index >= 15 is 0 Å². The second kappa shape index (κ2) is 11.2. The highest BCUT2D eigenvalue weighted by atomic mass is 35.5. The second-order valence-corrected chi connectivity index (χ2v) is 13.5. The highest BCUT2D eigenvalue weighted by Crippen LogP contribution is 2.45. The SMILES string of the molecule is CO[C@H]1CCN(c2nn(C)c3ccc(-c4nc5cc(C)c(C(OC(C)(C)C)C(=O)O)c(-c6ccc(Cl)cc6)c5s4)cc23)C1. The topological polar surface area (TPSA) is 89.7 Å². The van der Waals surface area contributed by atoms with Crippen LogP contribution in [0, 0.1) is 6.92 Å². The molecule has 2 aromatic heterocycles. The first kappa shape index (κ1) is 29.6. The lowest BCUT2D eigenvalue weighted by atomic mass is 9.91. The molecule has 0 saturated carbocycles. The Morgan fingerprint density at radius 2 is 1.86 bits per heavy atom. The zero-order chi connectivity index (χ0) is 30.6. The molecule has 0 radical (unpaired) electrons. The van der Waals surface area contributed by atoms with Gasteiger partial charge in [0.2, 0.25) is 0 Å². The average molecular weight is 619 g/mol. The third kappa shape index (κ3) is 5.62. The van der Waals surface area contributed by atoms with Crippen LogP contribution >= 0.6 is 22.9 Å². The fourth-order valence-electron chi connectivity index (χ4n) is 5.89. The first-order valence-electron chi connectivity index (χ1n) is 14.3. The minimum absolute atomic E-state index is 0.199. The monoisotopic (exact) mass is 618 g/mol. The van der Waals surface area contributed by atoms with E-state index in [4.69, 9.17) is 31.2 Å². The summed E-state index contributed by atoms with van der Waals surface area (Å²) in [5, 5.41) is 17.7. The number of hydrogen-bond acceptors (Lipinski definition) is 7. The molecule has 3 aromatic carbocycles. The van der Waals surface area contributed by atoms with Crippen molar-refractivity contribution in [3.63, 3.8) is 0 Å². The number of nitrogens with zero attached hydrogens (tertiary/aromatic N) is 4. The van der Waals surface area contributed by atoms with Crippen LogP contribution in [0.2, 0.25) is 5.02 Å². The Bertz CT molecular complexity index is 1840. The predicted octanol–water partition coefficient (Wildman–Crippen LogP) is 7.64. The van der Waals surface area contributed by atoms with Gasteiger partial charge in [0.1, 0.15) is 5.01 Å². The van der Waals surface area contributed by atoms with Crippen LogP contribution in [0.25, 0.3) is 42.8 Å². The van der Waals surface area contributed by atoms with E-state index in [0.29, 0.717) is 10.6 Å². The predicted molar refractivity (Wildman–Crippen MR) is 173 cm³/mol. The summed E-state index contributed by atoms with van der Waals surface area (Å²) < 4.78 is 14.6. The number of carbonyl (C=O) groups is 1. The van der Waals surface area contributed by atoms with Gasteiger partial charge in [-0.15, -0.1) is 11.3 Å². The molecule has 43 heavy (non-hydrogen) atoms. The van der Waals surface area contributed by atoms with E-state index in [2.05, 4.69) is 23.1 Å². The molecule has 1 aliphatic heterocycles. The van der Waals surface area contributed by atoms with Crippen molar-refractivity contribution in [3.8, 4) is 21.7 Å². The number of aryl methyl sites for hydroxylation is 2. The lowest BCUT2D eigenvalue weighted by Gasteiger charge is -2.28. The molecule has 6 rings (SSSR count). The Hall–Kier alpha value is -3.50. The molecule has 8 nitrogen and oxygen atoms in total. The van der Waals surface area contributed by atoms with Gasteiger partial charge < -0.3 is 19.5 Å². The fourth-order valence-corrected chi connectivity index (χ4v) is 7.14. The molecule has 0 bridgehead atoms. The summed E-state index contributed by atoms with van der Waals surface area (Å²) in [6, 6.07) is 15.8. The molecular weight excluding hydrogens is 584 g/mol. The molecule has 2 atom stereocenters. The van der Waals surface area contributed by atoms with Gasteiger partial charge in [0.15, 0.2) is 11.9 Å². The van der Waals surface area contributed by atoms with Gasteiger partial charge in [0, 0.05) is 54.3 Å². The van der Waals surface area contributed by atoms with Crippen molar-refractivity contribution in [3.05, 3.63) is 64.7 Å². The van der Waals surface area contributed by atoms with E-state index in [1.165, 1.54) is 0 Å². The number of aromatic nitrogens is 3. The van der Waals surface area contributed by atoms with Crippen LogP contribution in [-0.4, -0.2) is 57.7 Å². The average Bonchev–Trinajstić information content (AvgIpc) is 3.68. The number of ether oxygens (including phenoxy) is 2. The van der Waals surface area contributed by atoms with E-state index < -0.39 is 17.7 Å². The van der Waals surface area contributed by atoms with E-state index in [9.17, 15) is 9.90 Å². The third-order valence-corrected chi connectivity index (χ3v) is 9.26. The summed E-state index contributed by atoms with van der Waals surface area (Å²) in [4.78, 5) is 20.0. The molecular formula is C33H35ClN4O4S. The lowest BCUT2D eigenvalue weighted by molar-refractivity contribution is -0.160. The Morgan fingerprint density at radius 1 is 1.14 bits per heavy atom. The van der Waals surface area contributed by atoms with Crippen molar-refractivity contribution in [1.29, 1.82) is 0 Å². The van der Waals surface area contributed by atoms with Gasteiger partial charge in [-0.1, -0.05) is 23.7 Å². The lowest BCUT2D eigenvalue weighted by Crippen LogP contribution is -2.28. The summed E-state index contributed by atoms with van der Waals surface area (Å²) in [6.45, 7) is 9.22. The van der Waals surface area contributed by atoms with Crippen LogP contribution in [0.15, 0.2) is 48.5 Å². The zero-order valence-electron chi connectivity index (χ0n) is 25.1. The minimum Gasteiger partial charge on any atom is -0.479 e. The number of anilines is 1. The minimum atomic E-state index is -1.16. The van der Waals surface area contributed by atoms with Gasteiger partial charge in [-0.05, 0) is 81.6 Å².